The van der Waals surface area contributed by atoms with E-state index in [4.69, 9.17) is 9.72 Å². The number of pyridine rings is 1. The van der Waals surface area contributed by atoms with Crippen molar-refractivity contribution in [3.63, 3.8) is 0 Å². The number of hydrogen-bond donors (Lipinski definition) is 0. The van der Waals surface area contributed by atoms with Crippen LogP contribution in [-0.2, 0) is 25.1 Å². The van der Waals surface area contributed by atoms with Crippen molar-refractivity contribution in [3.05, 3.63) is 99.8 Å². The smallest absolute Gasteiger partial charge is 0.416 e. The predicted octanol–water partition coefficient (Wildman–Crippen LogP) is 6.91. The third kappa shape index (κ3) is 5.36. The molecule has 2 aromatic heterocycles. The topological polar surface area (TPSA) is 79.3 Å². The molecule has 0 bridgehead atoms. The molecule has 0 amide bonds. The fourth-order valence-corrected chi connectivity index (χ4v) is 5.79. The minimum Gasteiger partial charge on any atom is -0.481 e. The molecule has 222 valence electrons. The van der Waals surface area contributed by atoms with Crippen molar-refractivity contribution in [1.82, 2.24) is 19.5 Å². The van der Waals surface area contributed by atoms with Crippen LogP contribution >= 0.6 is 0 Å². The summed E-state index contributed by atoms with van der Waals surface area (Å²) in [5, 5.41) is 17.6. The van der Waals surface area contributed by atoms with Crippen molar-refractivity contribution in [2.24, 2.45) is 18.1 Å². The highest BCUT2D eigenvalue weighted by Gasteiger charge is 2.39. The van der Waals surface area contributed by atoms with Gasteiger partial charge in [0.25, 0.3) is 0 Å². The number of imidazole rings is 1. The average molecular weight is 587 g/mol. The van der Waals surface area contributed by atoms with E-state index in [1.807, 2.05) is 56.6 Å². The molecule has 0 aliphatic carbocycles. The van der Waals surface area contributed by atoms with Crippen molar-refractivity contribution in [2.45, 2.75) is 45.2 Å². The van der Waals surface area contributed by atoms with E-state index in [1.54, 1.807) is 0 Å². The Labute approximate surface area is 248 Å². The number of rotatable bonds is 6. The molecular formula is C33H33F3N6O. The minimum absolute atomic E-state index is 0.176. The van der Waals surface area contributed by atoms with Crippen LogP contribution in [0.5, 0.6) is 5.88 Å². The first kappa shape index (κ1) is 29.8. The number of halogens is 3. The van der Waals surface area contributed by atoms with Crippen molar-refractivity contribution in [3.8, 4) is 11.9 Å². The summed E-state index contributed by atoms with van der Waals surface area (Å²) in [5.41, 5.74) is 3.45. The summed E-state index contributed by atoms with van der Waals surface area (Å²) in [4.78, 5) is 9.31. The summed E-state index contributed by atoms with van der Waals surface area (Å²) in [6.45, 7) is 6.23. The quantitative estimate of drug-likeness (QED) is 0.245. The number of allylic oxidation sites excluding steroid dienone is 2. The molecule has 2 aromatic carbocycles. The number of alkyl halides is 3. The monoisotopic (exact) mass is 586 g/mol. The fourth-order valence-electron chi connectivity index (χ4n) is 5.79. The lowest BCUT2D eigenvalue weighted by Crippen LogP contribution is -2.35. The summed E-state index contributed by atoms with van der Waals surface area (Å²) in [5.74, 6) is 1.36. The average Bonchev–Trinajstić information content (AvgIpc) is 3.21. The maximum absolute atomic E-state index is 13.2. The Balaban J connectivity index is 1.72. The van der Waals surface area contributed by atoms with Gasteiger partial charge in [0.1, 0.15) is 11.9 Å². The van der Waals surface area contributed by atoms with Crippen LogP contribution in [0.25, 0.3) is 10.9 Å². The summed E-state index contributed by atoms with van der Waals surface area (Å²) >= 11 is 0. The van der Waals surface area contributed by atoms with Crippen LogP contribution in [-0.4, -0.2) is 39.9 Å². The number of nitrogens with zero attached hydrogens (tertiary/aromatic N) is 6. The number of benzene rings is 2. The molecule has 0 spiro atoms. The Kier molecular flexibility index (Phi) is 7.78. The first-order chi connectivity index (χ1) is 20.4. The molecule has 5 rings (SSSR count). The zero-order valence-electron chi connectivity index (χ0n) is 25.0. The van der Waals surface area contributed by atoms with Crippen LogP contribution in [0, 0.1) is 24.2 Å². The predicted molar refractivity (Wildman–Crippen MR) is 160 cm³/mol. The van der Waals surface area contributed by atoms with Gasteiger partial charge in [0.15, 0.2) is 0 Å². The molecule has 2 unspecified atom stereocenters. The number of fused-ring (bicyclic) bond motifs is 1. The van der Waals surface area contributed by atoms with Gasteiger partial charge in [-0.3, -0.25) is 5.01 Å². The molecule has 0 N–H and O–H groups in total. The van der Waals surface area contributed by atoms with Crippen molar-refractivity contribution >= 4 is 17.1 Å². The first-order valence-electron chi connectivity index (χ1n) is 13.9. The highest BCUT2D eigenvalue weighted by atomic mass is 19.4. The number of ether oxygens (including phenoxy) is 1. The number of methoxy groups -OCH3 is 1. The summed E-state index contributed by atoms with van der Waals surface area (Å²) in [6.07, 6.45) is 2.57. The zero-order chi connectivity index (χ0) is 31.1. The van der Waals surface area contributed by atoms with E-state index in [2.05, 4.69) is 40.6 Å². The molecule has 1 aliphatic rings. The Bertz CT molecular complexity index is 1780. The second-order valence-corrected chi connectivity index (χ2v) is 11.2. The van der Waals surface area contributed by atoms with Gasteiger partial charge in [-0.25, -0.2) is 9.97 Å². The summed E-state index contributed by atoms with van der Waals surface area (Å²) in [6, 6.07) is 13.1. The molecule has 10 heteroatoms. The first-order valence-corrected chi connectivity index (χ1v) is 13.9. The van der Waals surface area contributed by atoms with Gasteiger partial charge >= 0.3 is 6.18 Å². The lowest BCUT2D eigenvalue weighted by atomic mass is 9.74. The van der Waals surface area contributed by atoms with E-state index in [-0.39, 0.29) is 18.2 Å². The van der Waals surface area contributed by atoms with E-state index in [0.29, 0.717) is 27.6 Å². The van der Waals surface area contributed by atoms with Crippen LogP contribution < -0.4 is 4.74 Å². The standard InChI is InChI=1S/C33H33F3N6O/c1-20-13-14-39-42(5)29(15-20)32(3,30-19-38-21(2)41(30)4)24-11-12-28-25(17-24)27(18-37)26(31(40-28)43-6)16-22-7-9-23(10-8-22)33(34,35)36/h7-12,14-15,17,19-20H,13,16H2,1-6H3. The molecule has 7 nitrogen and oxygen atoms in total. The zero-order valence-corrected chi connectivity index (χ0v) is 25.0. The number of nitriles is 1. The number of aryl methyl sites for hydroxylation is 1. The third-order valence-corrected chi connectivity index (χ3v) is 8.36. The normalized spacial score (nSPS) is 16.9. The van der Waals surface area contributed by atoms with Gasteiger partial charge in [-0.2, -0.15) is 23.5 Å². The van der Waals surface area contributed by atoms with Gasteiger partial charge < -0.3 is 9.30 Å². The molecule has 2 atom stereocenters. The van der Waals surface area contributed by atoms with E-state index in [1.165, 1.54) is 19.2 Å². The van der Waals surface area contributed by atoms with Gasteiger partial charge in [0, 0.05) is 49.6 Å². The summed E-state index contributed by atoms with van der Waals surface area (Å²) in [7, 11) is 5.38. The molecule has 1 aliphatic heterocycles. The largest absolute Gasteiger partial charge is 0.481 e. The Morgan fingerprint density at radius 1 is 1.09 bits per heavy atom. The van der Waals surface area contributed by atoms with Gasteiger partial charge in [0.05, 0.1) is 34.9 Å². The molecular weight excluding hydrogens is 553 g/mol. The second kappa shape index (κ2) is 11.2. The van der Waals surface area contributed by atoms with Gasteiger partial charge in [-0.1, -0.05) is 31.2 Å². The Morgan fingerprint density at radius 2 is 1.79 bits per heavy atom. The van der Waals surface area contributed by atoms with Crippen LogP contribution in [0.1, 0.15) is 59.6 Å². The fraction of sp³-hybridized carbons (Fsp3) is 0.333. The van der Waals surface area contributed by atoms with E-state index < -0.39 is 17.2 Å². The lowest BCUT2D eigenvalue weighted by molar-refractivity contribution is -0.137. The molecule has 0 saturated heterocycles. The van der Waals surface area contributed by atoms with E-state index >= 15 is 0 Å². The van der Waals surface area contributed by atoms with Crippen LogP contribution in [0.3, 0.4) is 0 Å². The molecule has 4 aromatic rings. The van der Waals surface area contributed by atoms with E-state index in [0.717, 1.165) is 41.3 Å². The van der Waals surface area contributed by atoms with Crippen molar-refractivity contribution in [1.29, 1.82) is 5.26 Å². The maximum atomic E-state index is 13.2. The Hall–Kier alpha value is -4.65. The molecule has 0 fully saturated rings. The molecule has 3 heterocycles. The highest BCUT2D eigenvalue weighted by Crippen LogP contribution is 2.43. The number of hydrogen-bond acceptors (Lipinski definition) is 6. The van der Waals surface area contributed by atoms with Crippen LogP contribution in [0.15, 0.2) is 65.5 Å². The van der Waals surface area contributed by atoms with Gasteiger partial charge in [-0.15, -0.1) is 0 Å². The molecule has 43 heavy (non-hydrogen) atoms. The lowest BCUT2D eigenvalue weighted by Gasteiger charge is -2.37. The van der Waals surface area contributed by atoms with Crippen LogP contribution in [0.4, 0.5) is 13.2 Å². The number of likely N-dealkylation sites (N-methyl/N-ethyl adjacent to an activating group) is 1. The third-order valence-electron chi connectivity index (χ3n) is 8.36. The summed E-state index contributed by atoms with van der Waals surface area (Å²) < 4.78 is 47.1. The van der Waals surface area contributed by atoms with E-state index in [9.17, 15) is 18.4 Å². The van der Waals surface area contributed by atoms with Crippen molar-refractivity contribution < 1.29 is 17.9 Å². The Morgan fingerprint density at radius 3 is 2.40 bits per heavy atom. The highest BCUT2D eigenvalue weighted by molar-refractivity contribution is 5.88. The SMILES string of the molecule is COc1nc2ccc(C(C)(C3=CC(C)CC=NN3C)c3cnc(C)n3C)cc2c(C#N)c1Cc1ccc(C(F)(F)F)cc1. The molecule has 0 saturated carbocycles. The number of hydrazone groups is 1. The number of aromatic nitrogens is 3. The maximum Gasteiger partial charge on any atom is 0.416 e. The van der Waals surface area contributed by atoms with Crippen LogP contribution in [0.2, 0.25) is 0 Å². The second-order valence-electron chi connectivity index (χ2n) is 11.2. The van der Waals surface area contributed by atoms with Gasteiger partial charge in [-0.05, 0) is 61.6 Å². The molecule has 0 radical (unpaired) electrons. The minimum atomic E-state index is -4.43. The van der Waals surface area contributed by atoms with Crippen molar-refractivity contribution in [2.75, 3.05) is 14.2 Å². The van der Waals surface area contributed by atoms with Gasteiger partial charge in [0.2, 0.25) is 5.88 Å².